The second-order valence-electron chi connectivity index (χ2n) is 5.11. The Balaban J connectivity index is 1.70. The van der Waals surface area contributed by atoms with Gasteiger partial charge < -0.3 is 5.73 Å². The lowest BCUT2D eigenvalue weighted by Gasteiger charge is -2.25. The second kappa shape index (κ2) is 5.64. The predicted molar refractivity (Wildman–Crippen MR) is 61.4 cm³/mol. The van der Waals surface area contributed by atoms with Crippen LogP contribution in [-0.4, -0.2) is 18.1 Å². The Morgan fingerprint density at radius 1 is 1.12 bits per heavy atom. The molecule has 2 fully saturated rings. The van der Waals surface area contributed by atoms with Crippen molar-refractivity contribution in [3.05, 3.63) is 0 Å². The van der Waals surface area contributed by atoms with E-state index in [0.717, 1.165) is 38.5 Å². The third-order valence-electron chi connectivity index (χ3n) is 3.71. The van der Waals surface area contributed by atoms with E-state index in [4.69, 9.17) is 10.6 Å². The zero-order valence-electron chi connectivity index (χ0n) is 9.78. The van der Waals surface area contributed by atoms with Crippen LogP contribution in [0.3, 0.4) is 0 Å². The van der Waals surface area contributed by atoms with Crippen molar-refractivity contribution < 1.29 is 9.63 Å². The first-order valence-electron chi connectivity index (χ1n) is 6.47. The molecular weight excluding hydrogens is 204 g/mol. The molecule has 0 aromatic carbocycles. The van der Waals surface area contributed by atoms with Gasteiger partial charge in [0.25, 0.3) is 0 Å². The third-order valence-corrected chi connectivity index (χ3v) is 3.71. The van der Waals surface area contributed by atoms with Gasteiger partial charge in [0.1, 0.15) is 0 Å². The Bertz CT molecular complexity index is 239. The first kappa shape index (κ1) is 11.9. The van der Waals surface area contributed by atoms with E-state index in [9.17, 15) is 4.79 Å². The number of carbonyl (C=O) groups excluding carboxylic acids is 1. The highest BCUT2D eigenvalue weighted by Gasteiger charge is 2.26. The molecule has 2 aliphatic rings. The lowest BCUT2D eigenvalue weighted by Crippen LogP contribution is -2.39. The molecule has 4 heteroatoms. The fourth-order valence-corrected chi connectivity index (χ4v) is 2.70. The molecule has 92 valence electrons. The maximum absolute atomic E-state index is 11.8. The Labute approximate surface area is 96.9 Å². The summed E-state index contributed by atoms with van der Waals surface area (Å²) in [6.45, 7) is 0. The molecule has 2 rings (SSSR count). The van der Waals surface area contributed by atoms with Gasteiger partial charge in [-0.25, -0.2) is 5.48 Å². The van der Waals surface area contributed by atoms with Gasteiger partial charge in [-0.1, -0.05) is 19.3 Å². The molecule has 0 aliphatic heterocycles. The molecule has 2 aliphatic carbocycles. The van der Waals surface area contributed by atoms with Crippen molar-refractivity contribution in [2.75, 3.05) is 0 Å². The molecule has 0 aromatic heterocycles. The molecule has 0 spiro atoms. The first-order valence-corrected chi connectivity index (χ1v) is 6.47. The number of hydroxylamine groups is 1. The number of nitrogens with one attached hydrogen (secondary N) is 1. The fraction of sp³-hybridized carbons (Fsp3) is 0.917. The van der Waals surface area contributed by atoms with Crippen molar-refractivity contribution in [3.8, 4) is 0 Å². The molecule has 2 saturated carbocycles. The molecule has 2 unspecified atom stereocenters. The van der Waals surface area contributed by atoms with Crippen molar-refractivity contribution in [2.24, 2.45) is 11.7 Å². The van der Waals surface area contributed by atoms with Gasteiger partial charge in [0, 0.05) is 12.0 Å². The van der Waals surface area contributed by atoms with Gasteiger partial charge in [-0.15, -0.1) is 0 Å². The molecular formula is C12H22N2O2. The van der Waals surface area contributed by atoms with Crippen LogP contribution in [0.15, 0.2) is 0 Å². The molecule has 0 aromatic rings. The maximum atomic E-state index is 11.8. The highest BCUT2D eigenvalue weighted by atomic mass is 16.7. The van der Waals surface area contributed by atoms with Crippen molar-refractivity contribution >= 4 is 5.91 Å². The van der Waals surface area contributed by atoms with E-state index in [1.54, 1.807) is 0 Å². The Kier molecular flexibility index (Phi) is 4.18. The van der Waals surface area contributed by atoms with Crippen LogP contribution < -0.4 is 11.2 Å². The van der Waals surface area contributed by atoms with Gasteiger partial charge >= 0.3 is 0 Å². The quantitative estimate of drug-likeness (QED) is 0.717. The number of rotatable bonds is 3. The maximum Gasteiger partial charge on any atom is 0.246 e. The van der Waals surface area contributed by atoms with E-state index < -0.39 is 0 Å². The molecule has 1 amide bonds. The van der Waals surface area contributed by atoms with Gasteiger partial charge in [0.15, 0.2) is 0 Å². The summed E-state index contributed by atoms with van der Waals surface area (Å²) in [5.74, 6) is 0.0900. The van der Waals surface area contributed by atoms with Crippen molar-refractivity contribution in [3.63, 3.8) is 0 Å². The summed E-state index contributed by atoms with van der Waals surface area (Å²) in [6.07, 6.45) is 8.68. The van der Waals surface area contributed by atoms with Crippen LogP contribution in [0.25, 0.3) is 0 Å². The van der Waals surface area contributed by atoms with Crippen LogP contribution in [0, 0.1) is 5.92 Å². The van der Waals surface area contributed by atoms with Crippen LogP contribution in [0.1, 0.15) is 51.4 Å². The Morgan fingerprint density at radius 3 is 2.56 bits per heavy atom. The summed E-state index contributed by atoms with van der Waals surface area (Å²) >= 11 is 0. The molecule has 2 atom stereocenters. The minimum atomic E-state index is 0.0297. The van der Waals surface area contributed by atoms with Crippen molar-refractivity contribution in [1.82, 2.24) is 5.48 Å². The zero-order valence-corrected chi connectivity index (χ0v) is 9.78. The fourth-order valence-electron chi connectivity index (χ4n) is 2.70. The van der Waals surface area contributed by atoms with E-state index in [0.29, 0.717) is 0 Å². The highest BCUT2D eigenvalue weighted by molar-refractivity contribution is 5.77. The molecule has 4 nitrogen and oxygen atoms in total. The average molecular weight is 226 g/mol. The first-order chi connectivity index (χ1) is 7.75. The minimum absolute atomic E-state index is 0.0297. The molecule has 0 heterocycles. The SMILES string of the molecule is NC1CCCC(C(=O)NOC2CCCC2)C1. The van der Waals surface area contributed by atoms with Crippen LogP contribution in [0.4, 0.5) is 0 Å². The smallest absolute Gasteiger partial charge is 0.246 e. The summed E-state index contributed by atoms with van der Waals surface area (Å²) in [7, 11) is 0. The van der Waals surface area contributed by atoms with E-state index in [-0.39, 0.29) is 24.0 Å². The number of hydrogen-bond acceptors (Lipinski definition) is 3. The van der Waals surface area contributed by atoms with E-state index in [1.165, 1.54) is 12.8 Å². The summed E-state index contributed by atoms with van der Waals surface area (Å²) in [5.41, 5.74) is 8.48. The third kappa shape index (κ3) is 3.19. The lowest BCUT2D eigenvalue weighted by atomic mass is 9.86. The number of amides is 1. The molecule has 0 bridgehead atoms. The normalized spacial score (nSPS) is 31.6. The van der Waals surface area contributed by atoms with Crippen molar-refractivity contribution in [2.45, 2.75) is 63.5 Å². The van der Waals surface area contributed by atoms with Crippen LogP contribution >= 0.6 is 0 Å². The van der Waals surface area contributed by atoms with Gasteiger partial charge in [-0.2, -0.15) is 0 Å². The van der Waals surface area contributed by atoms with Gasteiger partial charge in [0.2, 0.25) is 5.91 Å². The highest BCUT2D eigenvalue weighted by Crippen LogP contribution is 2.24. The van der Waals surface area contributed by atoms with Crippen LogP contribution in [0.2, 0.25) is 0 Å². The van der Waals surface area contributed by atoms with E-state index in [1.807, 2.05) is 0 Å². The van der Waals surface area contributed by atoms with Crippen molar-refractivity contribution in [1.29, 1.82) is 0 Å². The van der Waals surface area contributed by atoms with E-state index in [2.05, 4.69) is 5.48 Å². The van der Waals surface area contributed by atoms with Gasteiger partial charge in [-0.3, -0.25) is 9.63 Å². The average Bonchev–Trinajstić information content (AvgIpc) is 2.78. The Morgan fingerprint density at radius 2 is 1.88 bits per heavy atom. The molecule has 0 saturated heterocycles. The van der Waals surface area contributed by atoms with Gasteiger partial charge in [-0.05, 0) is 32.1 Å². The number of carbonyl (C=O) groups is 1. The topological polar surface area (TPSA) is 64.4 Å². The predicted octanol–water partition coefficient (Wildman–Crippen LogP) is 1.49. The monoisotopic (exact) mass is 226 g/mol. The van der Waals surface area contributed by atoms with Gasteiger partial charge in [0.05, 0.1) is 6.10 Å². The Hall–Kier alpha value is -0.610. The largest absolute Gasteiger partial charge is 0.328 e. The lowest BCUT2D eigenvalue weighted by molar-refractivity contribution is -0.143. The molecule has 0 radical (unpaired) electrons. The number of nitrogens with two attached hydrogens (primary N) is 1. The second-order valence-corrected chi connectivity index (χ2v) is 5.11. The summed E-state index contributed by atoms with van der Waals surface area (Å²) in [6, 6.07) is 0.191. The van der Waals surface area contributed by atoms with E-state index >= 15 is 0 Å². The number of hydrogen-bond donors (Lipinski definition) is 2. The molecule has 16 heavy (non-hydrogen) atoms. The van der Waals surface area contributed by atoms with Crippen LogP contribution in [-0.2, 0) is 9.63 Å². The summed E-state index contributed by atoms with van der Waals surface area (Å²) < 4.78 is 0. The standard InChI is InChI=1S/C12H22N2O2/c13-10-5-3-4-9(8-10)12(15)14-16-11-6-1-2-7-11/h9-11H,1-8,13H2,(H,14,15). The minimum Gasteiger partial charge on any atom is -0.328 e. The molecule has 3 N–H and O–H groups in total. The van der Waals surface area contributed by atoms with Crippen LogP contribution in [0.5, 0.6) is 0 Å². The summed E-state index contributed by atoms with van der Waals surface area (Å²) in [4.78, 5) is 17.2. The zero-order chi connectivity index (χ0) is 11.4. The summed E-state index contributed by atoms with van der Waals surface area (Å²) in [5, 5.41) is 0.